The number of carbonyl (C=O) groups excluding carboxylic acids is 1. The maximum absolute atomic E-state index is 14.1. The average Bonchev–Trinajstić information content (AvgIpc) is 3.08. The number of amides is 1. The lowest BCUT2D eigenvalue weighted by Gasteiger charge is -2.34. The predicted octanol–water partition coefficient (Wildman–Crippen LogP) is 3.39. The van der Waals surface area contributed by atoms with Crippen molar-refractivity contribution in [3.8, 4) is 10.4 Å². The van der Waals surface area contributed by atoms with Gasteiger partial charge in [-0.2, -0.15) is 0 Å². The summed E-state index contributed by atoms with van der Waals surface area (Å²) >= 11 is 1.60. The third-order valence-corrected chi connectivity index (χ3v) is 5.28. The van der Waals surface area contributed by atoms with Crippen molar-refractivity contribution in [1.29, 1.82) is 0 Å². The zero-order chi connectivity index (χ0) is 16.8. The molecule has 1 saturated heterocycles. The Hall–Kier alpha value is -2.28. The van der Waals surface area contributed by atoms with E-state index in [1.807, 2.05) is 24.4 Å². The number of hydrogen-bond donors (Lipinski definition) is 0. The average molecular weight is 347 g/mol. The Bertz CT molecular complexity index is 927. The van der Waals surface area contributed by atoms with Crippen LogP contribution in [0.5, 0.6) is 0 Å². The quantitative estimate of drug-likeness (QED) is 0.728. The molecule has 1 fully saturated rings. The van der Waals surface area contributed by atoms with E-state index in [9.17, 15) is 13.6 Å². The van der Waals surface area contributed by atoms with Crippen molar-refractivity contribution >= 4 is 28.3 Å². The minimum atomic E-state index is -0.942. The first-order chi connectivity index (χ1) is 11.5. The summed E-state index contributed by atoms with van der Waals surface area (Å²) in [7, 11) is 0. The highest BCUT2D eigenvalue weighted by molar-refractivity contribution is 7.13. The van der Waals surface area contributed by atoms with Crippen LogP contribution in [0.4, 0.5) is 8.78 Å². The first kappa shape index (κ1) is 15.3. The van der Waals surface area contributed by atoms with E-state index in [0.29, 0.717) is 5.52 Å². The molecule has 0 aromatic carbocycles. The van der Waals surface area contributed by atoms with Crippen molar-refractivity contribution in [3.63, 3.8) is 0 Å². The Morgan fingerprint density at radius 1 is 1.42 bits per heavy atom. The molecule has 4 heterocycles. The second kappa shape index (κ2) is 5.66. The molecule has 1 amide bonds. The molecule has 0 unspecified atom stereocenters. The number of rotatable bonds is 3. The molecule has 124 valence electrons. The SMILES string of the molecule is Cc1csc(-c2cnc3c(F)cn(CC(=O)N4CC(F)C4)c3c2)c1. The smallest absolute Gasteiger partial charge is 0.242 e. The number of nitrogens with zero attached hydrogens (tertiary/aromatic N) is 3. The van der Waals surface area contributed by atoms with E-state index in [1.54, 1.807) is 22.1 Å². The molecule has 0 bridgehead atoms. The molecule has 3 aromatic rings. The standard InChI is InChI=1S/C17H15F2N3OS/c1-10-2-15(24-9-10)11-3-14-17(20-4-11)13(19)7-21(14)8-16(23)22-5-12(18)6-22/h2-4,7,9,12H,5-6,8H2,1H3. The summed E-state index contributed by atoms with van der Waals surface area (Å²) in [5, 5.41) is 2.04. The molecule has 24 heavy (non-hydrogen) atoms. The van der Waals surface area contributed by atoms with Crippen LogP contribution >= 0.6 is 11.3 Å². The van der Waals surface area contributed by atoms with Gasteiger partial charge in [0.1, 0.15) is 18.2 Å². The van der Waals surface area contributed by atoms with Crippen molar-refractivity contribution < 1.29 is 13.6 Å². The number of pyridine rings is 1. The molecule has 0 atom stereocenters. The zero-order valence-corrected chi connectivity index (χ0v) is 13.8. The minimum absolute atomic E-state index is 0.0122. The van der Waals surface area contributed by atoms with Crippen LogP contribution in [0, 0.1) is 12.7 Å². The van der Waals surface area contributed by atoms with Gasteiger partial charge in [0, 0.05) is 22.8 Å². The lowest BCUT2D eigenvalue weighted by molar-refractivity contribution is -0.138. The van der Waals surface area contributed by atoms with Gasteiger partial charge in [-0.25, -0.2) is 8.78 Å². The van der Waals surface area contributed by atoms with Crippen LogP contribution in [-0.4, -0.2) is 39.6 Å². The van der Waals surface area contributed by atoms with Gasteiger partial charge in [0.2, 0.25) is 5.91 Å². The van der Waals surface area contributed by atoms with E-state index in [1.165, 1.54) is 11.1 Å². The van der Waals surface area contributed by atoms with E-state index in [4.69, 9.17) is 0 Å². The highest BCUT2D eigenvalue weighted by atomic mass is 32.1. The van der Waals surface area contributed by atoms with Gasteiger partial charge in [0.25, 0.3) is 0 Å². The number of hydrogen-bond acceptors (Lipinski definition) is 3. The fraction of sp³-hybridized carbons (Fsp3) is 0.294. The number of thiophene rings is 1. The highest BCUT2D eigenvalue weighted by Crippen LogP contribution is 2.30. The molecule has 0 spiro atoms. The fourth-order valence-electron chi connectivity index (χ4n) is 2.85. The first-order valence-corrected chi connectivity index (χ1v) is 8.51. The van der Waals surface area contributed by atoms with E-state index >= 15 is 0 Å². The summed E-state index contributed by atoms with van der Waals surface area (Å²) in [5.41, 5.74) is 2.86. The summed E-state index contributed by atoms with van der Waals surface area (Å²) in [4.78, 5) is 18.8. The van der Waals surface area contributed by atoms with Crippen molar-refractivity contribution in [3.05, 3.63) is 41.3 Å². The van der Waals surface area contributed by atoms with Crippen LogP contribution in [0.1, 0.15) is 5.56 Å². The molecule has 3 aromatic heterocycles. The molecule has 4 rings (SSSR count). The molecule has 4 nitrogen and oxygen atoms in total. The molecule has 0 saturated carbocycles. The van der Waals surface area contributed by atoms with Crippen LogP contribution in [0.25, 0.3) is 21.5 Å². The Morgan fingerprint density at radius 3 is 2.88 bits per heavy atom. The zero-order valence-electron chi connectivity index (χ0n) is 13.0. The van der Waals surface area contributed by atoms with Gasteiger partial charge in [0.15, 0.2) is 5.82 Å². The lowest BCUT2D eigenvalue weighted by atomic mass is 10.2. The second-order valence-corrected chi connectivity index (χ2v) is 6.99. The highest BCUT2D eigenvalue weighted by Gasteiger charge is 2.30. The van der Waals surface area contributed by atoms with E-state index in [-0.39, 0.29) is 31.1 Å². The van der Waals surface area contributed by atoms with Crippen molar-refractivity contribution in [2.75, 3.05) is 13.1 Å². The third kappa shape index (κ3) is 2.58. The molecule has 0 aliphatic carbocycles. The number of carbonyl (C=O) groups is 1. The summed E-state index contributed by atoms with van der Waals surface area (Å²) in [6.07, 6.45) is 1.99. The Labute approximate surface area is 141 Å². The molecule has 0 radical (unpaired) electrons. The predicted molar refractivity (Wildman–Crippen MR) is 89.2 cm³/mol. The monoisotopic (exact) mass is 347 g/mol. The topological polar surface area (TPSA) is 38.1 Å². The van der Waals surface area contributed by atoms with Crippen LogP contribution in [0.2, 0.25) is 0 Å². The fourth-order valence-corrected chi connectivity index (χ4v) is 3.73. The van der Waals surface area contributed by atoms with Gasteiger partial charge >= 0.3 is 0 Å². The number of aromatic nitrogens is 2. The number of halogens is 2. The Kier molecular flexibility index (Phi) is 3.60. The molecule has 0 N–H and O–H groups in total. The Morgan fingerprint density at radius 2 is 2.21 bits per heavy atom. The maximum Gasteiger partial charge on any atom is 0.242 e. The largest absolute Gasteiger partial charge is 0.335 e. The van der Waals surface area contributed by atoms with Gasteiger partial charge in [-0.05, 0) is 30.0 Å². The van der Waals surface area contributed by atoms with E-state index in [2.05, 4.69) is 4.98 Å². The molecule has 7 heteroatoms. The van der Waals surface area contributed by atoms with Gasteiger partial charge in [-0.15, -0.1) is 11.3 Å². The maximum atomic E-state index is 14.1. The van der Waals surface area contributed by atoms with Gasteiger partial charge < -0.3 is 9.47 Å². The van der Waals surface area contributed by atoms with Crippen molar-refractivity contribution in [1.82, 2.24) is 14.5 Å². The minimum Gasteiger partial charge on any atom is -0.335 e. The van der Waals surface area contributed by atoms with Crippen LogP contribution < -0.4 is 0 Å². The number of aryl methyl sites for hydroxylation is 1. The number of fused-ring (bicyclic) bond motifs is 1. The second-order valence-electron chi connectivity index (χ2n) is 6.08. The summed E-state index contributed by atoms with van der Waals surface area (Å²) in [6.45, 7) is 2.25. The third-order valence-electron chi connectivity index (χ3n) is 4.18. The van der Waals surface area contributed by atoms with E-state index < -0.39 is 12.0 Å². The number of likely N-dealkylation sites (tertiary alicyclic amines) is 1. The van der Waals surface area contributed by atoms with Crippen LogP contribution in [0.3, 0.4) is 0 Å². The number of alkyl halides is 1. The molecular formula is C17H15F2N3OS. The first-order valence-electron chi connectivity index (χ1n) is 7.63. The van der Waals surface area contributed by atoms with Crippen molar-refractivity contribution in [2.45, 2.75) is 19.6 Å². The van der Waals surface area contributed by atoms with Gasteiger partial charge in [-0.3, -0.25) is 9.78 Å². The normalized spacial score (nSPS) is 15.0. The van der Waals surface area contributed by atoms with Gasteiger partial charge in [-0.1, -0.05) is 0 Å². The molecule has 1 aliphatic heterocycles. The van der Waals surface area contributed by atoms with Crippen molar-refractivity contribution in [2.24, 2.45) is 0 Å². The molecule has 1 aliphatic rings. The Balaban J connectivity index is 1.68. The lowest BCUT2D eigenvalue weighted by Crippen LogP contribution is -2.52. The summed E-state index contributed by atoms with van der Waals surface area (Å²) in [6, 6.07) is 3.89. The van der Waals surface area contributed by atoms with Crippen LogP contribution in [-0.2, 0) is 11.3 Å². The van der Waals surface area contributed by atoms with Crippen LogP contribution in [0.15, 0.2) is 29.9 Å². The van der Waals surface area contributed by atoms with E-state index in [0.717, 1.165) is 16.0 Å². The summed E-state index contributed by atoms with van der Waals surface area (Å²) in [5.74, 6) is -0.670. The summed E-state index contributed by atoms with van der Waals surface area (Å²) < 4.78 is 28.5. The van der Waals surface area contributed by atoms with Gasteiger partial charge in [0.05, 0.1) is 18.6 Å². The molecular weight excluding hydrogens is 332 g/mol.